The van der Waals surface area contributed by atoms with Crippen molar-refractivity contribution in [3.8, 4) is 0 Å². The van der Waals surface area contributed by atoms with Crippen LogP contribution in [0.1, 0.15) is 59.8 Å². The zero-order chi connectivity index (χ0) is 16.5. The molecule has 0 aromatic carbocycles. The Hall–Kier alpha value is -1.32. The lowest BCUT2D eigenvalue weighted by molar-refractivity contribution is -0.125. The van der Waals surface area contributed by atoms with Gasteiger partial charge in [0.25, 0.3) is 0 Å². The number of hydrogen-bond donors (Lipinski definition) is 1. The van der Waals surface area contributed by atoms with Crippen LogP contribution in [0.4, 0.5) is 4.79 Å². The van der Waals surface area contributed by atoms with Gasteiger partial charge in [0.05, 0.1) is 5.41 Å². The molecule has 22 heavy (non-hydrogen) atoms. The molecule has 0 radical (unpaired) electrons. The number of alkyl carbamates (subject to hydrolysis) is 1. The van der Waals surface area contributed by atoms with Gasteiger partial charge >= 0.3 is 6.09 Å². The van der Waals surface area contributed by atoms with Crippen molar-refractivity contribution in [2.24, 2.45) is 17.3 Å². The maximum Gasteiger partial charge on any atom is 0.407 e. The Morgan fingerprint density at radius 2 is 2.14 bits per heavy atom. The number of allylic oxidation sites excluding steroid dienone is 1. The first kappa shape index (κ1) is 17.0. The highest BCUT2D eigenvalue weighted by molar-refractivity contribution is 5.91. The number of ketones is 1. The molecular formula is C18H29NO3. The van der Waals surface area contributed by atoms with Crippen LogP contribution in [0.3, 0.4) is 0 Å². The minimum Gasteiger partial charge on any atom is -0.444 e. The predicted octanol–water partition coefficient (Wildman–Crippen LogP) is 3.85. The topological polar surface area (TPSA) is 55.4 Å². The van der Waals surface area contributed by atoms with Crippen molar-refractivity contribution in [1.82, 2.24) is 5.32 Å². The molecule has 0 aromatic heterocycles. The van der Waals surface area contributed by atoms with E-state index in [9.17, 15) is 9.59 Å². The summed E-state index contributed by atoms with van der Waals surface area (Å²) in [5, 5.41) is 2.78. The molecule has 0 saturated heterocycles. The minimum atomic E-state index is -0.482. The van der Waals surface area contributed by atoms with Gasteiger partial charge in [-0.25, -0.2) is 4.79 Å². The molecule has 2 aliphatic rings. The van der Waals surface area contributed by atoms with Gasteiger partial charge in [-0.1, -0.05) is 19.1 Å². The SMILES string of the molecule is C=C1CC[C@@H]2[C@@H](C)CC(=O)[C@]12CCCNC(=O)OC(C)(C)C. The number of Topliss-reactive ketones (excluding diaryl/α,β-unsaturated/α-hetero) is 1. The molecule has 0 bridgehead atoms. The average molecular weight is 307 g/mol. The number of amides is 1. The normalized spacial score (nSPS) is 31.3. The van der Waals surface area contributed by atoms with Crippen LogP contribution in [0.2, 0.25) is 0 Å². The number of ether oxygens (including phenoxy) is 1. The van der Waals surface area contributed by atoms with Crippen molar-refractivity contribution in [1.29, 1.82) is 0 Å². The van der Waals surface area contributed by atoms with Gasteiger partial charge in [0.15, 0.2) is 0 Å². The van der Waals surface area contributed by atoms with Crippen LogP contribution in [-0.4, -0.2) is 24.0 Å². The third-order valence-electron chi connectivity index (χ3n) is 5.13. The van der Waals surface area contributed by atoms with E-state index in [1.807, 2.05) is 20.8 Å². The molecule has 3 atom stereocenters. The van der Waals surface area contributed by atoms with Crippen LogP contribution >= 0.6 is 0 Å². The summed E-state index contributed by atoms with van der Waals surface area (Å²) in [7, 11) is 0. The molecular weight excluding hydrogens is 278 g/mol. The number of carbonyl (C=O) groups is 2. The van der Waals surface area contributed by atoms with E-state index < -0.39 is 11.7 Å². The molecule has 0 spiro atoms. The first-order chi connectivity index (χ1) is 10.2. The van der Waals surface area contributed by atoms with E-state index in [4.69, 9.17) is 4.74 Å². The summed E-state index contributed by atoms with van der Waals surface area (Å²) in [5.74, 6) is 1.28. The predicted molar refractivity (Wildman–Crippen MR) is 86.6 cm³/mol. The number of rotatable bonds is 4. The Balaban J connectivity index is 1.87. The van der Waals surface area contributed by atoms with Crippen LogP contribution in [0.5, 0.6) is 0 Å². The second kappa shape index (κ2) is 6.05. The first-order valence-electron chi connectivity index (χ1n) is 8.35. The highest BCUT2D eigenvalue weighted by Gasteiger charge is 2.56. The number of carbonyl (C=O) groups excluding carboxylic acids is 2. The van der Waals surface area contributed by atoms with E-state index in [2.05, 4.69) is 18.8 Å². The van der Waals surface area contributed by atoms with Crippen LogP contribution in [0.25, 0.3) is 0 Å². The molecule has 2 rings (SSSR count). The van der Waals surface area contributed by atoms with E-state index in [1.54, 1.807) is 0 Å². The Morgan fingerprint density at radius 1 is 1.45 bits per heavy atom. The fourth-order valence-electron chi connectivity index (χ4n) is 4.23. The van der Waals surface area contributed by atoms with E-state index >= 15 is 0 Å². The molecule has 2 fully saturated rings. The minimum absolute atomic E-state index is 0.310. The van der Waals surface area contributed by atoms with Crippen molar-refractivity contribution >= 4 is 11.9 Å². The molecule has 1 N–H and O–H groups in total. The Kier molecular flexibility index (Phi) is 4.69. The third-order valence-corrected chi connectivity index (χ3v) is 5.13. The molecule has 0 heterocycles. The highest BCUT2D eigenvalue weighted by Crippen LogP contribution is 2.59. The molecule has 124 valence electrons. The average Bonchev–Trinajstić information content (AvgIpc) is 2.82. The van der Waals surface area contributed by atoms with Gasteiger partial charge in [0, 0.05) is 13.0 Å². The number of fused-ring (bicyclic) bond motifs is 1. The maximum atomic E-state index is 12.5. The quantitative estimate of drug-likeness (QED) is 0.634. The highest BCUT2D eigenvalue weighted by atomic mass is 16.6. The van der Waals surface area contributed by atoms with Crippen LogP contribution in [0.15, 0.2) is 12.2 Å². The Labute approximate surface area is 133 Å². The lowest BCUT2D eigenvalue weighted by Crippen LogP contribution is -2.35. The molecule has 2 saturated carbocycles. The molecule has 0 unspecified atom stereocenters. The summed E-state index contributed by atoms with van der Waals surface area (Å²) >= 11 is 0. The van der Waals surface area contributed by atoms with Crippen LogP contribution in [-0.2, 0) is 9.53 Å². The molecule has 4 nitrogen and oxygen atoms in total. The lowest BCUT2D eigenvalue weighted by atomic mass is 9.72. The molecule has 0 aromatic rings. The largest absolute Gasteiger partial charge is 0.444 e. The van der Waals surface area contributed by atoms with Gasteiger partial charge in [-0.3, -0.25) is 4.79 Å². The Bertz CT molecular complexity index is 477. The maximum absolute atomic E-state index is 12.5. The molecule has 4 heteroatoms. The molecule has 0 aliphatic heterocycles. The third kappa shape index (κ3) is 3.21. The van der Waals surface area contributed by atoms with Crippen molar-refractivity contribution in [3.05, 3.63) is 12.2 Å². The monoisotopic (exact) mass is 307 g/mol. The number of nitrogens with one attached hydrogen (secondary N) is 1. The van der Waals surface area contributed by atoms with E-state index in [-0.39, 0.29) is 5.41 Å². The Morgan fingerprint density at radius 3 is 2.77 bits per heavy atom. The van der Waals surface area contributed by atoms with E-state index in [0.29, 0.717) is 30.6 Å². The fraction of sp³-hybridized carbons (Fsp3) is 0.778. The smallest absolute Gasteiger partial charge is 0.407 e. The van der Waals surface area contributed by atoms with Gasteiger partial charge in [0.2, 0.25) is 0 Å². The van der Waals surface area contributed by atoms with Crippen LogP contribution in [0, 0.1) is 17.3 Å². The van der Waals surface area contributed by atoms with Gasteiger partial charge in [0.1, 0.15) is 11.4 Å². The zero-order valence-corrected chi connectivity index (χ0v) is 14.3. The van der Waals surface area contributed by atoms with Gasteiger partial charge in [-0.05, 0) is 58.3 Å². The van der Waals surface area contributed by atoms with Crippen molar-refractivity contribution < 1.29 is 14.3 Å². The zero-order valence-electron chi connectivity index (χ0n) is 14.3. The standard InChI is InChI=1S/C18H29NO3/c1-12-11-15(20)18(13(2)7-8-14(12)18)9-6-10-19-16(21)22-17(3,4)5/h12,14H,2,6-11H2,1,3-5H3,(H,19,21)/t12-,14+,18+/m0/s1. The first-order valence-corrected chi connectivity index (χ1v) is 8.35. The summed E-state index contributed by atoms with van der Waals surface area (Å²) < 4.78 is 5.22. The summed E-state index contributed by atoms with van der Waals surface area (Å²) in [6.45, 7) is 12.4. The lowest BCUT2D eigenvalue weighted by Gasteiger charge is -2.30. The van der Waals surface area contributed by atoms with Crippen molar-refractivity contribution in [3.63, 3.8) is 0 Å². The van der Waals surface area contributed by atoms with Gasteiger partial charge in [-0.2, -0.15) is 0 Å². The number of hydrogen-bond acceptors (Lipinski definition) is 3. The fourth-order valence-corrected chi connectivity index (χ4v) is 4.23. The summed E-state index contributed by atoms with van der Waals surface area (Å²) in [4.78, 5) is 24.2. The second-order valence-corrected chi connectivity index (χ2v) is 7.86. The second-order valence-electron chi connectivity index (χ2n) is 7.86. The summed E-state index contributed by atoms with van der Waals surface area (Å²) in [5.41, 5.74) is 0.323. The van der Waals surface area contributed by atoms with E-state index in [0.717, 1.165) is 31.3 Å². The van der Waals surface area contributed by atoms with Crippen molar-refractivity contribution in [2.45, 2.75) is 65.4 Å². The van der Waals surface area contributed by atoms with E-state index in [1.165, 1.54) is 0 Å². The van der Waals surface area contributed by atoms with Gasteiger partial charge in [-0.15, -0.1) is 0 Å². The van der Waals surface area contributed by atoms with Crippen molar-refractivity contribution in [2.75, 3.05) is 6.54 Å². The van der Waals surface area contributed by atoms with Gasteiger partial charge < -0.3 is 10.1 Å². The van der Waals surface area contributed by atoms with Crippen LogP contribution < -0.4 is 5.32 Å². The summed E-state index contributed by atoms with van der Waals surface area (Å²) in [6, 6.07) is 0. The molecule has 2 aliphatic carbocycles. The molecule has 1 amide bonds. The summed E-state index contributed by atoms with van der Waals surface area (Å²) in [6.07, 6.45) is 3.94.